The molecule has 1 aliphatic heterocycles. The number of fused-ring (bicyclic) bond motifs is 1. The topological polar surface area (TPSA) is 106 Å². The van der Waals surface area contributed by atoms with Crippen LogP contribution in [-0.4, -0.2) is 69.0 Å². The SMILES string of the molecule is CN(C)C(=O)c1ccc(Cc2ncnc3c2c(F)cn3C2CCN(c3ncc(OC=O)cn3)CC2)c(F)c1. The van der Waals surface area contributed by atoms with E-state index in [4.69, 9.17) is 4.74 Å². The molecule has 12 heteroatoms. The van der Waals surface area contributed by atoms with Crippen molar-refractivity contribution in [2.24, 2.45) is 0 Å². The van der Waals surface area contributed by atoms with Crippen LogP contribution >= 0.6 is 0 Å². The van der Waals surface area contributed by atoms with Crippen LogP contribution in [0, 0.1) is 11.6 Å². The minimum Gasteiger partial charge on any atom is -0.425 e. The van der Waals surface area contributed by atoms with Gasteiger partial charge in [0.2, 0.25) is 5.95 Å². The molecule has 0 aliphatic carbocycles. The number of amides is 1. The second kappa shape index (κ2) is 10.5. The van der Waals surface area contributed by atoms with Gasteiger partial charge in [0, 0.05) is 51.4 Å². The third-order valence-electron chi connectivity index (χ3n) is 6.65. The first-order valence-electron chi connectivity index (χ1n) is 12.0. The number of hydrogen-bond acceptors (Lipinski definition) is 8. The number of rotatable bonds is 7. The molecule has 1 saturated heterocycles. The number of piperidine rings is 1. The zero-order valence-electron chi connectivity index (χ0n) is 20.8. The van der Waals surface area contributed by atoms with E-state index in [1.165, 1.54) is 42.0 Å². The molecule has 1 fully saturated rings. The van der Waals surface area contributed by atoms with Crippen molar-refractivity contribution in [2.45, 2.75) is 25.3 Å². The van der Waals surface area contributed by atoms with E-state index in [2.05, 4.69) is 19.9 Å². The third kappa shape index (κ3) is 4.89. The molecule has 0 radical (unpaired) electrons. The lowest BCUT2D eigenvalue weighted by Crippen LogP contribution is -2.35. The fourth-order valence-electron chi connectivity index (χ4n) is 4.71. The van der Waals surface area contributed by atoms with Crippen molar-refractivity contribution in [1.29, 1.82) is 0 Å². The summed E-state index contributed by atoms with van der Waals surface area (Å²) in [6.07, 6.45) is 7.13. The Morgan fingerprint density at radius 1 is 1.11 bits per heavy atom. The van der Waals surface area contributed by atoms with E-state index in [1.54, 1.807) is 20.2 Å². The van der Waals surface area contributed by atoms with Crippen LogP contribution in [0.5, 0.6) is 5.75 Å². The molecule has 0 saturated carbocycles. The molecule has 1 amide bonds. The van der Waals surface area contributed by atoms with E-state index in [0.717, 1.165) is 0 Å². The zero-order valence-corrected chi connectivity index (χ0v) is 20.8. The summed E-state index contributed by atoms with van der Waals surface area (Å²) in [6.45, 7) is 1.60. The summed E-state index contributed by atoms with van der Waals surface area (Å²) in [5.74, 6) is -0.530. The molecule has 0 spiro atoms. The Morgan fingerprint density at radius 3 is 2.50 bits per heavy atom. The van der Waals surface area contributed by atoms with Crippen LogP contribution in [0.15, 0.2) is 43.1 Å². The first-order chi connectivity index (χ1) is 18.4. The van der Waals surface area contributed by atoms with Crippen LogP contribution in [0.1, 0.15) is 40.5 Å². The largest absolute Gasteiger partial charge is 0.425 e. The van der Waals surface area contributed by atoms with Crippen LogP contribution in [-0.2, 0) is 11.2 Å². The van der Waals surface area contributed by atoms with Gasteiger partial charge in [-0.3, -0.25) is 9.59 Å². The summed E-state index contributed by atoms with van der Waals surface area (Å²) in [5, 5.41) is 0.261. The number of benzene rings is 1. The Labute approximate surface area is 216 Å². The average Bonchev–Trinajstić information content (AvgIpc) is 3.27. The third-order valence-corrected chi connectivity index (χ3v) is 6.65. The lowest BCUT2D eigenvalue weighted by molar-refractivity contribution is -0.120. The molecule has 3 aromatic heterocycles. The van der Waals surface area contributed by atoms with E-state index in [0.29, 0.717) is 55.3 Å². The molecule has 1 aliphatic rings. The van der Waals surface area contributed by atoms with Gasteiger partial charge in [-0.25, -0.2) is 28.7 Å². The Bertz CT molecular complexity index is 1480. The maximum absolute atomic E-state index is 15.2. The van der Waals surface area contributed by atoms with E-state index in [1.807, 2.05) is 9.47 Å². The maximum atomic E-state index is 15.2. The molecule has 0 N–H and O–H groups in total. The summed E-state index contributed by atoms with van der Waals surface area (Å²) in [7, 11) is 3.20. The van der Waals surface area contributed by atoms with E-state index < -0.39 is 11.6 Å². The molecule has 1 aromatic carbocycles. The monoisotopic (exact) mass is 521 g/mol. The quantitative estimate of drug-likeness (QED) is 0.342. The molecule has 4 aromatic rings. The fourth-order valence-corrected chi connectivity index (χ4v) is 4.71. The summed E-state index contributed by atoms with van der Waals surface area (Å²) in [6, 6.07) is 4.27. The molecule has 10 nitrogen and oxygen atoms in total. The Balaban J connectivity index is 1.34. The van der Waals surface area contributed by atoms with Crippen LogP contribution in [0.2, 0.25) is 0 Å². The number of aromatic nitrogens is 5. The van der Waals surface area contributed by atoms with Gasteiger partial charge in [-0.05, 0) is 30.5 Å². The molecule has 5 rings (SSSR count). The smallest absolute Gasteiger partial charge is 0.298 e. The average molecular weight is 522 g/mol. The normalized spacial score (nSPS) is 14.1. The highest BCUT2D eigenvalue weighted by atomic mass is 19.1. The van der Waals surface area contributed by atoms with Gasteiger partial charge in [0.25, 0.3) is 12.4 Å². The van der Waals surface area contributed by atoms with Gasteiger partial charge in [-0.1, -0.05) is 6.07 Å². The standard InChI is InChI=1S/C26H25F2N7O3/c1-33(2)25(37)17-4-3-16(20(27)9-17)10-22-23-21(28)13-35(24(23)32-14-31-22)18-5-7-34(8-6-18)26-29-11-19(12-30-26)38-15-36/h3-4,9,11-15,18H,5-8,10H2,1-2H3. The summed E-state index contributed by atoms with van der Waals surface area (Å²) >= 11 is 0. The molecule has 196 valence electrons. The second-order valence-electron chi connectivity index (χ2n) is 9.24. The molecular weight excluding hydrogens is 496 g/mol. The van der Waals surface area contributed by atoms with Gasteiger partial charge in [-0.15, -0.1) is 0 Å². The lowest BCUT2D eigenvalue weighted by Gasteiger charge is -2.32. The van der Waals surface area contributed by atoms with Gasteiger partial charge in [0.15, 0.2) is 11.6 Å². The van der Waals surface area contributed by atoms with Crippen molar-refractivity contribution in [3.8, 4) is 5.75 Å². The van der Waals surface area contributed by atoms with Crippen molar-refractivity contribution in [3.63, 3.8) is 0 Å². The van der Waals surface area contributed by atoms with Gasteiger partial charge < -0.3 is 19.1 Å². The van der Waals surface area contributed by atoms with E-state index in [-0.39, 0.29) is 35.1 Å². The van der Waals surface area contributed by atoms with E-state index in [9.17, 15) is 14.0 Å². The van der Waals surface area contributed by atoms with Gasteiger partial charge in [0.1, 0.15) is 17.8 Å². The Kier molecular flexibility index (Phi) is 6.95. The molecular formula is C26H25F2N7O3. The van der Waals surface area contributed by atoms with Gasteiger partial charge in [0.05, 0.1) is 23.5 Å². The van der Waals surface area contributed by atoms with Crippen LogP contribution in [0.4, 0.5) is 14.7 Å². The maximum Gasteiger partial charge on any atom is 0.298 e. The highest BCUT2D eigenvalue weighted by Gasteiger charge is 2.26. The Morgan fingerprint density at radius 2 is 1.84 bits per heavy atom. The zero-order chi connectivity index (χ0) is 26.8. The fraction of sp³-hybridized carbons (Fsp3) is 0.308. The lowest BCUT2D eigenvalue weighted by atomic mass is 10.0. The van der Waals surface area contributed by atoms with Crippen molar-refractivity contribution in [2.75, 3.05) is 32.1 Å². The number of hydrogen-bond donors (Lipinski definition) is 0. The highest BCUT2D eigenvalue weighted by molar-refractivity contribution is 5.94. The van der Waals surface area contributed by atoms with Crippen molar-refractivity contribution in [3.05, 3.63) is 71.6 Å². The molecule has 4 heterocycles. The summed E-state index contributed by atoms with van der Waals surface area (Å²) in [5.41, 5.74) is 1.38. The first-order valence-corrected chi connectivity index (χ1v) is 12.0. The number of ether oxygens (including phenoxy) is 1. The van der Waals surface area contributed by atoms with Crippen LogP contribution in [0.25, 0.3) is 11.0 Å². The predicted octanol–water partition coefficient (Wildman–Crippen LogP) is 3.17. The number of halogens is 2. The number of carbonyl (C=O) groups is 2. The number of nitrogens with zero attached hydrogens (tertiary/aromatic N) is 7. The van der Waals surface area contributed by atoms with Gasteiger partial charge in [-0.2, -0.15) is 0 Å². The summed E-state index contributed by atoms with van der Waals surface area (Å²) in [4.78, 5) is 43.1. The first kappa shape index (κ1) is 25.2. The number of anilines is 1. The molecule has 0 unspecified atom stereocenters. The predicted molar refractivity (Wildman–Crippen MR) is 134 cm³/mol. The highest BCUT2D eigenvalue weighted by Crippen LogP contribution is 2.31. The minimum absolute atomic E-state index is 0.00765. The minimum atomic E-state index is -0.551. The number of carbonyl (C=O) groups excluding carboxylic acids is 2. The van der Waals surface area contributed by atoms with Crippen molar-refractivity contribution >= 4 is 29.4 Å². The van der Waals surface area contributed by atoms with E-state index >= 15 is 4.39 Å². The molecule has 38 heavy (non-hydrogen) atoms. The van der Waals surface area contributed by atoms with Crippen molar-refractivity contribution in [1.82, 2.24) is 29.4 Å². The summed E-state index contributed by atoms with van der Waals surface area (Å²) < 4.78 is 36.6. The van der Waals surface area contributed by atoms with Crippen LogP contribution < -0.4 is 9.64 Å². The van der Waals surface area contributed by atoms with Crippen molar-refractivity contribution < 1.29 is 23.1 Å². The Hall–Kier alpha value is -4.48. The van der Waals surface area contributed by atoms with Crippen LogP contribution in [0.3, 0.4) is 0 Å². The molecule has 0 atom stereocenters. The molecule has 0 bridgehead atoms. The second-order valence-corrected chi connectivity index (χ2v) is 9.24. The van der Waals surface area contributed by atoms with Gasteiger partial charge >= 0.3 is 0 Å².